The van der Waals surface area contributed by atoms with Gasteiger partial charge in [0.15, 0.2) is 5.96 Å². The predicted octanol–water partition coefficient (Wildman–Crippen LogP) is 3.35. The van der Waals surface area contributed by atoms with Gasteiger partial charge >= 0.3 is 6.36 Å². The standard InChI is InChI=1S/C18H25F3N4O.HI/c1-22-17(23-10-13-8-9-25(12-13)15-6-7-15)24-11-14-4-2-3-5-16(14)26-18(19,20)21;/h2-5,13,15H,6-12H2,1H3,(H2,22,23,24);1H. The molecule has 2 N–H and O–H groups in total. The molecule has 3 rings (SSSR count). The van der Waals surface area contributed by atoms with Crippen molar-refractivity contribution in [1.82, 2.24) is 15.5 Å². The van der Waals surface area contributed by atoms with E-state index in [0.29, 0.717) is 17.4 Å². The summed E-state index contributed by atoms with van der Waals surface area (Å²) in [5.74, 6) is 0.963. The normalized spacial score (nSPS) is 20.9. The first kappa shape index (κ1) is 22.1. The monoisotopic (exact) mass is 498 g/mol. The Morgan fingerprint density at radius 2 is 1.96 bits per heavy atom. The van der Waals surface area contributed by atoms with Crippen molar-refractivity contribution in [3.63, 3.8) is 0 Å². The van der Waals surface area contributed by atoms with Crippen LogP contribution in [0.25, 0.3) is 0 Å². The van der Waals surface area contributed by atoms with Crippen molar-refractivity contribution in [1.29, 1.82) is 0 Å². The molecule has 1 aliphatic carbocycles. The Labute approximate surface area is 174 Å². The summed E-state index contributed by atoms with van der Waals surface area (Å²) in [6.45, 7) is 3.27. The van der Waals surface area contributed by atoms with E-state index in [9.17, 15) is 13.2 Å². The van der Waals surface area contributed by atoms with E-state index in [4.69, 9.17) is 0 Å². The minimum Gasteiger partial charge on any atom is -0.405 e. The molecule has 0 bridgehead atoms. The number of hydrogen-bond donors (Lipinski definition) is 2. The highest BCUT2D eigenvalue weighted by atomic mass is 127. The number of para-hydroxylation sites is 1. The van der Waals surface area contributed by atoms with E-state index in [-0.39, 0.29) is 36.3 Å². The van der Waals surface area contributed by atoms with E-state index >= 15 is 0 Å². The number of aliphatic imine (C=N–C) groups is 1. The lowest BCUT2D eigenvalue weighted by molar-refractivity contribution is -0.274. The Morgan fingerprint density at radius 3 is 2.63 bits per heavy atom. The van der Waals surface area contributed by atoms with Gasteiger partial charge in [-0.15, -0.1) is 37.1 Å². The van der Waals surface area contributed by atoms with Gasteiger partial charge in [0, 0.05) is 38.3 Å². The Bertz CT molecular complexity index is 637. The van der Waals surface area contributed by atoms with Gasteiger partial charge < -0.3 is 20.3 Å². The Hall–Kier alpha value is -1.23. The summed E-state index contributed by atoms with van der Waals surface area (Å²) >= 11 is 0. The lowest BCUT2D eigenvalue weighted by Gasteiger charge is -2.18. The number of nitrogens with one attached hydrogen (secondary N) is 2. The van der Waals surface area contributed by atoms with Crippen LogP contribution in [-0.2, 0) is 6.54 Å². The number of halogens is 4. The van der Waals surface area contributed by atoms with Crippen LogP contribution in [-0.4, -0.2) is 49.9 Å². The topological polar surface area (TPSA) is 48.9 Å². The molecule has 1 atom stereocenters. The van der Waals surface area contributed by atoms with Crippen molar-refractivity contribution in [2.24, 2.45) is 10.9 Å². The number of alkyl halides is 3. The number of nitrogens with zero attached hydrogens (tertiary/aromatic N) is 2. The molecule has 0 aromatic heterocycles. The minimum absolute atomic E-state index is 0. The van der Waals surface area contributed by atoms with Gasteiger partial charge in [0.1, 0.15) is 5.75 Å². The lowest BCUT2D eigenvalue weighted by atomic mass is 10.1. The largest absolute Gasteiger partial charge is 0.573 e. The molecule has 1 heterocycles. The summed E-state index contributed by atoms with van der Waals surface area (Å²) in [4.78, 5) is 6.70. The van der Waals surface area contributed by atoms with Crippen LogP contribution in [0.4, 0.5) is 13.2 Å². The third-order valence-electron chi connectivity index (χ3n) is 4.81. The van der Waals surface area contributed by atoms with Crippen molar-refractivity contribution in [2.75, 3.05) is 26.7 Å². The molecule has 1 aliphatic heterocycles. The highest BCUT2D eigenvalue weighted by Gasteiger charge is 2.34. The Morgan fingerprint density at radius 1 is 1.22 bits per heavy atom. The van der Waals surface area contributed by atoms with Gasteiger partial charge in [0.2, 0.25) is 0 Å². The van der Waals surface area contributed by atoms with Crippen LogP contribution in [0.1, 0.15) is 24.8 Å². The van der Waals surface area contributed by atoms with Gasteiger partial charge in [-0.25, -0.2) is 0 Å². The Balaban J connectivity index is 0.00000261. The van der Waals surface area contributed by atoms with Crippen LogP contribution in [0.15, 0.2) is 29.3 Å². The SMILES string of the molecule is CN=C(NCc1ccccc1OC(F)(F)F)NCC1CCN(C2CC2)C1.I. The number of rotatable bonds is 6. The van der Waals surface area contributed by atoms with Crippen LogP contribution >= 0.6 is 24.0 Å². The molecule has 27 heavy (non-hydrogen) atoms. The van der Waals surface area contributed by atoms with Crippen LogP contribution in [0.2, 0.25) is 0 Å². The molecule has 1 saturated carbocycles. The maximum Gasteiger partial charge on any atom is 0.573 e. The van der Waals surface area contributed by atoms with E-state index < -0.39 is 6.36 Å². The average molecular weight is 498 g/mol. The summed E-state index contributed by atoms with van der Waals surface area (Å²) < 4.78 is 41.5. The number of hydrogen-bond acceptors (Lipinski definition) is 3. The fraction of sp³-hybridized carbons (Fsp3) is 0.611. The van der Waals surface area contributed by atoms with E-state index in [1.54, 1.807) is 19.2 Å². The molecule has 1 unspecified atom stereocenters. The number of benzene rings is 1. The molecule has 2 aliphatic rings. The third-order valence-corrected chi connectivity index (χ3v) is 4.81. The zero-order valence-corrected chi connectivity index (χ0v) is 17.6. The van der Waals surface area contributed by atoms with Crippen LogP contribution in [0.3, 0.4) is 0 Å². The van der Waals surface area contributed by atoms with Crippen LogP contribution < -0.4 is 15.4 Å². The third kappa shape index (κ3) is 7.02. The quantitative estimate of drug-likeness (QED) is 0.359. The van der Waals surface area contributed by atoms with Crippen molar-refractivity contribution < 1.29 is 17.9 Å². The Kier molecular flexibility index (Phi) is 8.02. The van der Waals surface area contributed by atoms with E-state index in [0.717, 1.165) is 25.7 Å². The number of guanidine groups is 1. The average Bonchev–Trinajstić information content (AvgIpc) is 3.34. The van der Waals surface area contributed by atoms with Gasteiger partial charge in [-0.2, -0.15) is 0 Å². The van der Waals surface area contributed by atoms with Crippen LogP contribution in [0.5, 0.6) is 5.75 Å². The van der Waals surface area contributed by atoms with Crippen LogP contribution in [0, 0.1) is 5.92 Å². The second-order valence-corrected chi connectivity index (χ2v) is 6.84. The first-order valence-corrected chi connectivity index (χ1v) is 8.97. The molecule has 5 nitrogen and oxygen atoms in total. The summed E-state index contributed by atoms with van der Waals surface area (Å²) in [5.41, 5.74) is 0.425. The van der Waals surface area contributed by atoms with Crippen molar-refractivity contribution in [2.45, 2.75) is 38.2 Å². The maximum atomic E-state index is 12.5. The molecule has 1 aromatic rings. The van der Waals surface area contributed by atoms with E-state index in [2.05, 4.69) is 25.3 Å². The molecule has 0 spiro atoms. The van der Waals surface area contributed by atoms with Gasteiger partial charge in [0.25, 0.3) is 0 Å². The first-order chi connectivity index (χ1) is 12.4. The summed E-state index contributed by atoms with van der Waals surface area (Å²) in [6.07, 6.45) is -0.889. The van der Waals surface area contributed by atoms with Crippen molar-refractivity contribution in [3.05, 3.63) is 29.8 Å². The molecular weight excluding hydrogens is 472 g/mol. The minimum atomic E-state index is -4.70. The highest BCUT2D eigenvalue weighted by molar-refractivity contribution is 14.0. The maximum absolute atomic E-state index is 12.5. The van der Waals surface area contributed by atoms with Gasteiger partial charge in [-0.3, -0.25) is 4.99 Å². The predicted molar refractivity (Wildman–Crippen MR) is 109 cm³/mol. The van der Waals surface area contributed by atoms with E-state index in [1.165, 1.54) is 31.4 Å². The number of ether oxygens (including phenoxy) is 1. The second-order valence-electron chi connectivity index (χ2n) is 6.84. The number of likely N-dealkylation sites (tertiary alicyclic amines) is 1. The molecule has 2 fully saturated rings. The fourth-order valence-corrected chi connectivity index (χ4v) is 3.32. The van der Waals surface area contributed by atoms with Gasteiger partial charge in [0.05, 0.1) is 0 Å². The van der Waals surface area contributed by atoms with E-state index in [1.807, 2.05) is 0 Å². The van der Waals surface area contributed by atoms with Gasteiger partial charge in [-0.1, -0.05) is 18.2 Å². The van der Waals surface area contributed by atoms with Crippen molar-refractivity contribution in [3.8, 4) is 5.75 Å². The molecule has 0 radical (unpaired) electrons. The molecule has 9 heteroatoms. The van der Waals surface area contributed by atoms with Crippen molar-refractivity contribution >= 4 is 29.9 Å². The molecule has 1 saturated heterocycles. The smallest absolute Gasteiger partial charge is 0.405 e. The van der Waals surface area contributed by atoms with Gasteiger partial charge in [-0.05, 0) is 37.8 Å². The molecular formula is C18H26F3IN4O. The molecule has 0 amide bonds. The summed E-state index contributed by atoms with van der Waals surface area (Å²) in [7, 11) is 1.65. The molecule has 1 aromatic carbocycles. The second kappa shape index (κ2) is 9.81. The fourth-order valence-electron chi connectivity index (χ4n) is 3.32. The lowest BCUT2D eigenvalue weighted by Crippen LogP contribution is -2.40. The molecule has 152 valence electrons. The highest BCUT2D eigenvalue weighted by Crippen LogP contribution is 2.31. The summed E-state index contributed by atoms with van der Waals surface area (Å²) in [6, 6.07) is 6.91. The zero-order chi connectivity index (χ0) is 18.6. The zero-order valence-electron chi connectivity index (χ0n) is 15.3. The summed E-state index contributed by atoms with van der Waals surface area (Å²) in [5, 5.41) is 6.34. The first-order valence-electron chi connectivity index (χ1n) is 8.97.